The van der Waals surface area contributed by atoms with Crippen molar-refractivity contribution in [3.8, 4) is 0 Å². The molecule has 0 bridgehead atoms. The van der Waals surface area contributed by atoms with E-state index in [1.165, 1.54) is 5.56 Å². The topological polar surface area (TPSA) is 38.7 Å². The molecule has 1 aliphatic rings. The summed E-state index contributed by atoms with van der Waals surface area (Å²) in [5.74, 6) is 0. The lowest BCUT2D eigenvalue weighted by atomic mass is 9.83. The van der Waals surface area contributed by atoms with E-state index in [-0.39, 0.29) is 17.6 Å². The van der Waals surface area contributed by atoms with Crippen LogP contribution in [-0.2, 0) is 16.1 Å². The predicted molar refractivity (Wildman–Crippen MR) is 74.9 cm³/mol. The molecule has 0 aromatic heterocycles. The first-order valence-corrected chi connectivity index (χ1v) is 6.99. The first-order valence-electron chi connectivity index (χ1n) is 6.99. The first-order chi connectivity index (χ1) is 9.08. The van der Waals surface area contributed by atoms with E-state index in [1.807, 2.05) is 18.2 Å². The molecule has 1 N–H and O–H groups in total. The van der Waals surface area contributed by atoms with Crippen LogP contribution < -0.4 is 0 Å². The lowest BCUT2D eigenvalue weighted by Crippen LogP contribution is -2.42. The zero-order valence-corrected chi connectivity index (χ0v) is 11.8. The van der Waals surface area contributed by atoms with Crippen LogP contribution in [0.25, 0.3) is 0 Å². The van der Waals surface area contributed by atoms with Crippen LogP contribution in [0.2, 0.25) is 0 Å². The van der Waals surface area contributed by atoms with Crippen LogP contribution in [-0.4, -0.2) is 30.5 Å². The van der Waals surface area contributed by atoms with Gasteiger partial charge in [0.15, 0.2) is 0 Å². The van der Waals surface area contributed by atoms with Crippen LogP contribution >= 0.6 is 0 Å². The minimum atomic E-state index is -0.229. The zero-order valence-electron chi connectivity index (χ0n) is 11.8. The fourth-order valence-electron chi connectivity index (χ4n) is 2.42. The maximum atomic E-state index is 9.73. The van der Waals surface area contributed by atoms with Crippen molar-refractivity contribution in [2.75, 3.05) is 13.2 Å². The molecule has 0 spiro atoms. The number of aliphatic hydroxyl groups excluding tert-OH is 1. The van der Waals surface area contributed by atoms with Crippen LogP contribution in [0.5, 0.6) is 0 Å². The molecule has 0 saturated carbocycles. The maximum Gasteiger partial charge on any atom is 0.0717 e. The second kappa shape index (κ2) is 6.51. The van der Waals surface area contributed by atoms with E-state index in [4.69, 9.17) is 9.47 Å². The second-order valence-corrected chi connectivity index (χ2v) is 6.00. The lowest BCUT2D eigenvalue weighted by molar-refractivity contribution is -0.117. The molecule has 3 heteroatoms. The summed E-state index contributed by atoms with van der Waals surface area (Å²) in [6.07, 6.45) is 1.30. The van der Waals surface area contributed by atoms with Gasteiger partial charge in [0.1, 0.15) is 0 Å². The third-order valence-corrected chi connectivity index (χ3v) is 3.71. The molecule has 0 radical (unpaired) electrons. The monoisotopic (exact) mass is 264 g/mol. The Morgan fingerprint density at radius 2 is 2.05 bits per heavy atom. The van der Waals surface area contributed by atoms with E-state index < -0.39 is 0 Å². The van der Waals surface area contributed by atoms with Crippen molar-refractivity contribution in [2.45, 2.75) is 45.5 Å². The molecule has 1 fully saturated rings. The van der Waals surface area contributed by atoms with Gasteiger partial charge in [0, 0.05) is 18.4 Å². The van der Waals surface area contributed by atoms with Crippen molar-refractivity contribution < 1.29 is 14.6 Å². The van der Waals surface area contributed by atoms with Gasteiger partial charge in [0.05, 0.1) is 25.4 Å². The van der Waals surface area contributed by atoms with Gasteiger partial charge >= 0.3 is 0 Å². The van der Waals surface area contributed by atoms with Gasteiger partial charge in [0.25, 0.3) is 0 Å². The summed E-state index contributed by atoms with van der Waals surface area (Å²) in [5, 5.41) is 9.73. The van der Waals surface area contributed by atoms with Gasteiger partial charge in [-0.05, 0) is 12.0 Å². The molecule has 106 valence electrons. The van der Waals surface area contributed by atoms with Crippen LogP contribution in [0.1, 0.15) is 32.3 Å². The van der Waals surface area contributed by atoms with Crippen molar-refractivity contribution in [1.82, 2.24) is 0 Å². The van der Waals surface area contributed by atoms with Gasteiger partial charge < -0.3 is 14.6 Å². The Balaban J connectivity index is 1.80. The van der Waals surface area contributed by atoms with E-state index in [0.29, 0.717) is 26.2 Å². The van der Waals surface area contributed by atoms with Crippen LogP contribution in [0.15, 0.2) is 30.3 Å². The van der Waals surface area contributed by atoms with Crippen LogP contribution in [0.4, 0.5) is 0 Å². The van der Waals surface area contributed by atoms with Crippen molar-refractivity contribution in [3.63, 3.8) is 0 Å². The standard InChI is InChI=1S/C16H24O3/c1-16(2,15-10-14(17)8-9-19-15)12-18-11-13-6-4-3-5-7-13/h3-7,14-15,17H,8-12H2,1-2H3/t14-,15-/m0/s1. The summed E-state index contributed by atoms with van der Waals surface area (Å²) in [6, 6.07) is 10.2. The average Bonchev–Trinajstić information content (AvgIpc) is 2.40. The highest BCUT2D eigenvalue weighted by Crippen LogP contribution is 2.31. The number of rotatable bonds is 5. The molecule has 1 heterocycles. The fourth-order valence-corrected chi connectivity index (χ4v) is 2.42. The van der Waals surface area contributed by atoms with E-state index in [2.05, 4.69) is 26.0 Å². The summed E-state index contributed by atoms with van der Waals surface area (Å²) < 4.78 is 11.6. The Hall–Kier alpha value is -0.900. The molecule has 0 amide bonds. The molecule has 1 aliphatic heterocycles. The van der Waals surface area contributed by atoms with Gasteiger partial charge in [0.2, 0.25) is 0 Å². The minimum Gasteiger partial charge on any atom is -0.393 e. The Morgan fingerprint density at radius 1 is 1.32 bits per heavy atom. The highest BCUT2D eigenvalue weighted by molar-refractivity contribution is 5.13. The van der Waals surface area contributed by atoms with Crippen molar-refractivity contribution in [2.24, 2.45) is 5.41 Å². The SMILES string of the molecule is CC(C)(COCc1ccccc1)[C@@H]1C[C@@H](O)CCO1. The molecule has 3 nitrogen and oxygen atoms in total. The smallest absolute Gasteiger partial charge is 0.0717 e. The molecule has 2 atom stereocenters. The molecule has 0 aliphatic carbocycles. The third-order valence-electron chi connectivity index (χ3n) is 3.71. The Labute approximate surface area is 115 Å². The second-order valence-electron chi connectivity index (χ2n) is 6.00. The molecule has 19 heavy (non-hydrogen) atoms. The number of aliphatic hydroxyl groups is 1. The first kappa shape index (κ1) is 14.5. The highest BCUT2D eigenvalue weighted by Gasteiger charge is 2.34. The van der Waals surface area contributed by atoms with Gasteiger partial charge in [-0.15, -0.1) is 0 Å². The fraction of sp³-hybridized carbons (Fsp3) is 0.625. The molecule has 2 rings (SSSR count). The highest BCUT2D eigenvalue weighted by atomic mass is 16.5. The van der Waals surface area contributed by atoms with Crippen LogP contribution in [0.3, 0.4) is 0 Å². The molecule has 1 saturated heterocycles. The van der Waals surface area contributed by atoms with E-state index >= 15 is 0 Å². The van der Waals surface area contributed by atoms with Crippen molar-refractivity contribution in [1.29, 1.82) is 0 Å². The molecular formula is C16H24O3. The molecule has 1 aromatic carbocycles. The summed E-state index contributed by atoms with van der Waals surface area (Å²) in [6.45, 7) is 6.19. The Kier molecular flexibility index (Phi) is 4.97. The molecule has 1 aromatic rings. The number of hydrogen-bond acceptors (Lipinski definition) is 3. The summed E-state index contributed by atoms with van der Waals surface area (Å²) in [7, 11) is 0. The van der Waals surface area contributed by atoms with Gasteiger partial charge in [-0.25, -0.2) is 0 Å². The predicted octanol–water partition coefficient (Wildman–Crippen LogP) is 2.77. The van der Waals surface area contributed by atoms with Gasteiger partial charge in [-0.2, -0.15) is 0 Å². The zero-order chi connectivity index (χ0) is 13.7. The Morgan fingerprint density at radius 3 is 2.74 bits per heavy atom. The van der Waals surface area contributed by atoms with Crippen molar-refractivity contribution >= 4 is 0 Å². The average molecular weight is 264 g/mol. The van der Waals surface area contributed by atoms with E-state index in [9.17, 15) is 5.11 Å². The normalized spacial score (nSPS) is 24.4. The number of benzene rings is 1. The van der Waals surface area contributed by atoms with E-state index in [1.54, 1.807) is 0 Å². The summed E-state index contributed by atoms with van der Waals surface area (Å²) >= 11 is 0. The molecular weight excluding hydrogens is 240 g/mol. The quantitative estimate of drug-likeness (QED) is 0.888. The van der Waals surface area contributed by atoms with Gasteiger partial charge in [-0.1, -0.05) is 44.2 Å². The number of hydrogen-bond donors (Lipinski definition) is 1. The van der Waals surface area contributed by atoms with Crippen molar-refractivity contribution in [3.05, 3.63) is 35.9 Å². The molecule has 0 unspecified atom stereocenters. The maximum absolute atomic E-state index is 9.73. The summed E-state index contributed by atoms with van der Waals surface area (Å²) in [5.41, 5.74) is 1.11. The lowest BCUT2D eigenvalue weighted by Gasteiger charge is -2.38. The van der Waals surface area contributed by atoms with Crippen LogP contribution in [0, 0.1) is 5.41 Å². The third kappa shape index (κ3) is 4.30. The summed E-state index contributed by atoms with van der Waals surface area (Å²) in [4.78, 5) is 0. The Bertz CT molecular complexity index is 375. The largest absolute Gasteiger partial charge is 0.393 e. The van der Waals surface area contributed by atoms with E-state index in [0.717, 1.165) is 6.42 Å². The van der Waals surface area contributed by atoms with Gasteiger partial charge in [-0.3, -0.25) is 0 Å². The number of ether oxygens (including phenoxy) is 2. The minimum absolute atomic E-state index is 0.0732.